The highest BCUT2D eigenvalue weighted by molar-refractivity contribution is 7.17. The maximum Gasteiger partial charge on any atom is 0.121 e. The highest BCUT2D eigenvalue weighted by Crippen LogP contribution is 2.24. The van der Waals surface area contributed by atoms with Crippen molar-refractivity contribution in [3.8, 4) is 0 Å². The lowest BCUT2D eigenvalue weighted by molar-refractivity contribution is 1.23. The molecule has 3 rings (SSSR count). The van der Waals surface area contributed by atoms with E-state index in [9.17, 15) is 0 Å². The lowest BCUT2D eigenvalue weighted by Gasteiger charge is -2.46. The fraction of sp³-hybridized carbons (Fsp3) is 0.444. The second-order valence-electron chi connectivity index (χ2n) is 6.42. The number of hydrogen-bond acceptors (Lipinski definition) is 2. The van der Waals surface area contributed by atoms with Gasteiger partial charge in [0.25, 0.3) is 0 Å². The van der Waals surface area contributed by atoms with Crippen molar-refractivity contribution in [2.45, 2.75) is 51.9 Å². The third kappa shape index (κ3) is 1.83. The number of rotatable bonds is 4. The van der Waals surface area contributed by atoms with Crippen molar-refractivity contribution in [2.75, 3.05) is 0 Å². The molecule has 1 aliphatic heterocycles. The number of aromatic nitrogens is 2. The molecule has 116 valence electrons. The SMILES string of the molecule is CC[Si]1(CC)c2ccncc2[Si](CC)(CC)c2cnccc21. The van der Waals surface area contributed by atoms with Crippen LogP contribution in [0.4, 0.5) is 0 Å². The van der Waals surface area contributed by atoms with E-state index in [1.54, 1.807) is 20.7 Å². The minimum atomic E-state index is -1.68. The minimum absolute atomic E-state index is 1.25. The Morgan fingerprint density at radius 1 is 0.636 bits per heavy atom. The molecule has 1 aliphatic rings. The van der Waals surface area contributed by atoms with Gasteiger partial charge >= 0.3 is 0 Å². The van der Waals surface area contributed by atoms with Gasteiger partial charge < -0.3 is 0 Å². The van der Waals surface area contributed by atoms with Crippen molar-refractivity contribution in [1.29, 1.82) is 0 Å². The van der Waals surface area contributed by atoms with Crippen LogP contribution in [0.25, 0.3) is 0 Å². The third-order valence-corrected chi connectivity index (χ3v) is 17.2. The summed E-state index contributed by atoms with van der Waals surface area (Å²) in [5.41, 5.74) is 0. The Balaban J connectivity index is 2.44. The number of nitrogens with zero attached hydrogens (tertiary/aromatic N) is 2. The average molecular weight is 327 g/mol. The molecular formula is C18H26N2Si2. The van der Waals surface area contributed by atoms with Gasteiger partial charge in [-0.3, -0.25) is 9.97 Å². The Bertz CT molecular complexity index is 567. The predicted octanol–water partition coefficient (Wildman–Crippen LogP) is 2.00. The van der Waals surface area contributed by atoms with Crippen molar-refractivity contribution < 1.29 is 0 Å². The van der Waals surface area contributed by atoms with E-state index < -0.39 is 16.1 Å². The lowest BCUT2D eigenvalue weighted by Crippen LogP contribution is -2.80. The molecule has 22 heavy (non-hydrogen) atoms. The van der Waals surface area contributed by atoms with E-state index >= 15 is 0 Å². The first kappa shape index (κ1) is 15.6. The van der Waals surface area contributed by atoms with Crippen molar-refractivity contribution in [3.05, 3.63) is 36.9 Å². The Morgan fingerprint density at radius 3 is 1.36 bits per heavy atom. The number of hydrogen-bond donors (Lipinski definition) is 0. The van der Waals surface area contributed by atoms with Crippen LogP contribution in [0.5, 0.6) is 0 Å². The zero-order valence-electron chi connectivity index (χ0n) is 14.2. The predicted molar refractivity (Wildman–Crippen MR) is 100 cm³/mol. The van der Waals surface area contributed by atoms with Crippen molar-refractivity contribution >= 4 is 36.9 Å². The van der Waals surface area contributed by atoms with Crippen LogP contribution in [-0.4, -0.2) is 26.1 Å². The molecule has 0 saturated carbocycles. The normalized spacial score (nSPS) is 17.6. The molecule has 2 nitrogen and oxygen atoms in total. The smallest absolute Gasteiger partial charge is 0.121 e. The van der Waals surface area contributed by atoms with E-state index in [1.165, 1.54) is 24.2 Å². The summed E-state index contributed by atoms with van der Waals surface area (Å²) in [4.78, 5) is 9.07. The molecule has 0 amide bonds. The first-order valence-electron chi connectivity index (χ1n) is 8.60. The van der Waals surface area contributed by atoms with Gasteiger partial charge in [-0.15, -0.1) is 0 Å². The lowest BCUT2D eigenvalue weighted by atomic mass is 10.5. The zero-order valence-corrected chi connectivity index (χ0v) is 16.2. The molecule has 2 aromatic heterocycles. The van der Waals surface area contributed by atoms with Crippen molar-refractivity contribution in [1.82, 2.24) is 9.97 Å². The second kappa shape index (κ2) is 5.74. The van der Waals surface area contributed by atoms with Gasteiger partial charge in [0.05, 0.1) is 0 Å². The van der Waals surface area contributed by atoms with Gasteiger partial charge in [0.1, 0.15) is 16.1 Å². The van der Waals surface area contributed by atoms with E-state index in [0.29, 0.717) is 0 Å². The number of fused-ring (bicyclic) bond motifs is 2. The van der Waals surface area contributed by atoms with E-state index in [4.69, 9.17) is 0 Å². The Morgan fingerprint density at radius 2 is 1.00 bits per heavy atom. The van der Waals surface area contributed by atoms with Gasteiger partial charge in [-0.25, -0.2) is 0 Å². The molecular weight excluding hydrogens is 300 g/mol. The highest BCUT2D eigenvalue weighted by Gasteiger charge is 2.50. The van der Waals surface area contributed by atoms with Gasteiger partial charge in [-0.1, -0.05) is 62.2 Å². The first-order valence-corrected chi connectivity index (χ1v) is 13.4. The average Bonchev–Trinajstić information content (AvgIpc) is 2.60. The summed E-state index contributed by atoms with van der Waals surface area (Å²) in [5, 5.41) is 6.61. The molecule has 0 fully saturated rings. The number of pyridine rings is 2. The van der Waals surface area contributed by atoms with Gasteiger partial charge in [0.15, 0.2) is 0 Å². The zero-order chi connectivity index (χ0) is 15.8. The topological polar surface area (TPSA) is 25.8 Å². The van der Waals surface area contributed by atoms with Gasteiger partial charge in [-0.2, -0.15) is 0 Å². The Hall–Kier alpha value is -1.27. The van der Waals surface area contributed by atoms with Gasteiger partial charge in [0, 0.05) is 24.8 Å². The largest absolute Gasteiger partial charge is 0.265 e. The summed E-state index contributed by atoms with van der Waals surface area (Å²) < 4.78 is 0. The third-order valence-electron chi connectivity index (χ3n) is 6.12. The van der Waals surface area contributed by atoms with Crippen LogP contribution >= 0.6 is 0 Å². The maximum atomic E-state index is 4.53. The minimum Gasteiger partial charge on any atom is -0.265 e. The molecule has 0 unspecified atom stereocenters. The summed E-state index contributed by atoms with van der Waals surface area (Å²) in [7, 11) is -3.32. The van der Waals surface area contributed by atoms with Crippen LogP contribution in [0.3, 0.4) is 0 Å². The molecule has 0 saturated heterocycles. The molecule has 0 bridgehead atoms. The van der Waals surface area contributed by atoms with Crippen molar-refractivity contribution in [3.63, 3.8) is 0 Å². The second-order valence-corrected chi connectivity index (χ2v) is 15.7. The van der Waals surface area contributed by atoms with Gasteiger partial charge in [0.2, 0.25) is 0 Å². The molecule has 0 N–H and O–H groups in total. The molecule has 0 radical (unpaired) electrons. The molecule has 4 heteroatoms. The van der Waals surface area contributed by atoms with E-state index in [2.05, 4.69) is 62.2 Å². The first-order chi connectivity index (χ1) is 10.7. The molecule has 0 atom stereocenters. The Labute approximate surface area is 136 Å². The van der Waals surface area contributed by atoms with Crippen LogP contribution in [0.15, 0.2) is 36.9 Å². The summed E-state index contributed by atoms with van der Waals surface area (Å²) >= 11 is 0. The molecule has 0 aliphatic carbocycles. The summed E-state index contributed by atoms with van der Waals surface area (Å²) in [6, 6.07) is 9.75. The van der Waals surface area contributed by atoms with Crippen molar-refractivity contribution in [2.24, 2.45) is 0 Å². The van der Waals surface area contributed by atoms with E-state index in [0.717, 1.165) is 0 Å². The summed E-state index contributed by atoms with van der Waals surface area (Å²) in [5.74, 6) is 0. The van der Waals surface area contributed by atoms with Crippen LogP contribution in [0.2, 0.25) is 24.2 Å². The molecule has 3 heterocycles. The van der Waals surface area contributed by atoms with Crippen LogP contribution in [-0.2, 0) is 0 Å². The van der Waals surface area contributed by atoms with Crippen LogP contribution in [0.1, 0.15) is 27.7 Å². The molecule has 0 spiro atoms. The fourth-order valence-corrected chi connectivity index (χ4v) is 16.0. The van der Waals surface area contributed by atoms with Crippen LogP contribution in [0, 0.1) is 0 Å². The fourth-order valence-electron chi connectivity index (χ4n) is 4.70. The summed E-state index contributed by atoms with van der Waals surface area (Å²) in [6.45, 7) is 9.51. The van der Waals surface area contributed by atoms with E-state index in [-0.39, 0.29) is 0 Å². The van der Waals surface area contributed by atoms with Crippen LogP contribution < -0.4 is 20.7 Å². The monoisotopic (exact) mass is 326 g/mol. The van der Waals surface area contributed by atoms with E-state index in [1.807, 2.05) is 12.4 Å². The van der Waals surface area contributed by atoms with Gasteiger partial charge in [-0.05, 0) is 22.5 Å². The Kier molecular flexibility index (Phi) is 4.08. The summed E-state index contributed by atoms with van der Waals surface area (Å²) in [6.07, 6.45) is 8.44. The molecule has 0 aromatic carbocycles. The standard InChI is InChI=1S/C18H26N2Si2/c1-5-21(6-2)15-9-11-19-13-17(15)22(7-3,8-4)18-14-20-12-10-16(18)21/h9-14H,5-8H2,1-4H3. The molecule has 2 aromatic rings. The maximum absolute atomic E-state index is 4.53. The quantitative estimate of drug-likeness (QED) is 0.803. The highest BCUT2D eigenvalue weighted by atomic mass is 28.3.